The van der Waals surface area contributed by atoms with Crippen molar-refractivity contribution < 1.29 is 14.7 Å². The number of aliphatic hydroxyl groups is 1. The molecule has 2 fully saturated rings. The van der Waals surface area contributed by atoms with Gasteiger partial charge in [-0.1, -0.05) is 17.7 Å². The van der Waals surface area contributed by atoms with Crippen molar-refractivity contribution in [2.75, 3.05) is 13.1 Å². The molecule has 136 valence electrons. The Balaban J connectivity index is 1.56. The van der Waals surface area contributed by atoms with Gasteiger partial charge in [-0.3, -0.25) is 9.59 Å². The molecule has 1 aliphatic carbocycles. The van der Waals surface area contributed by atoms with Crippen molar-refractivity contribution in [1.82, 2.24) is 10.2 Å². The van der Waals surface area contributed by atoms with Crippen LogP contribution in [0, 0.1) is 12.8 Å². The van der Waals surface area contributed by atoms with E-state index in [9.17, 15) is 14.7 Å². The number of aryl methyl sites for hydroxylation is 1. The minimum Gasteiger partial charge on any atom is -0.393 e. The zero-order valence-corrected chi connectivity index (χ0v) is 14.9. The first-order valence-electron chi connectivity index (χ1n) is 9.37. The zero-order valence-electron chi connectivity index (χ0n) is 14.9. The number of rotatable bonds is 3. The van der Waals surface area contributed by atoms with E-state index in [1.807, 2.05) is 36.1 Å². The zero-order chi connectivity index (χ0) is 17.8. The first-order chi connectivity index (χ1) is 12.0. The van der Waals surface area contributed by atoms with E-state index in [2.05, 4.69) is 5.32 Å². The SMILES string of the molecule is Cc1ccc(C(=O)N2CCCC(C(=O)NC3CCC(O)CC3)C2)cc1. The van der Waals surface area contributed by atoms with Crippen LogP contribution in [0.25, 0.3) is 0 Å². The average molecular weight is 344 g/mol. The standard InChI is InChI=1S/C20H28N2O3/c1-14-4-6-15(7-5-14)20(25)22-12-2-3-16(13-22)19(24)21-17-8-10-18(23)11-9-17/h4-7,16-18,23H,2-3,8-13H2,1H3,(H,21,24). The van der Waals surface area contributed by atoms with E-state index in [-0.39, 0.29) is 29.9 Å². The second-order valence-corrected chi connectivity index (χ2v) is 7.47. The third kappa shape index (κ3) is 4.60. The maximum absolute atomic E-state index is 12.7. The Morgan fingerprint density at radius 3 is 2.44 bits per heavy atom. The summed E-state index contributed by atoms with van der Waals surface area (Å²) < 4.78 is 0. The van der Waals surface area contributed by atoms with Crippen molar-refractivity contribution in [2.24, 2.45) is 5.92 Å². The molecule has 25 heavy (non-hydrogen) atoms. The number of benzene rings is 1. The molecule has 1 aromatic rings. The number of nitrogens with zero attached hydrogens (tertiary/aromatic N) is 1. The number of likely N-dealkylation sites (tertiary alicyclic amines) is 1. The molecule has 1 aliphatic heterocycles. The first-order valence-corrected chi connectivity index (χ1v) is 9.37. The van der Waals surface area contributed by atoms with Crippen LogP contribution >= 0.6 is 0 Å². The van der Waals surface area contributed by atoms with E-state index in [1.54, 1.807) is 0 Å². The summed E-state index contributed by atoms with van der Waals surface area (Å²) in [4.78, 5) is 27.1. The fourth-order valence-corrected chi connectivity index (χ4v) is 3.79. The normalized spacial score (nSPS) is 27.0. The van der Waals surface area contributed by atoms with E-state index >= 15 is 0 Å². The van der Waals surface area contributed by atoms with Crippen LogP contribution in [0.1, 0.15) is 54.4 Å². The Morgan fingerprint density at radius 2 is 1.76 bits per heavy atom. The number of carbonyl (C=O) groups is 2. The Kier molecular flexibility index (Phi) is 5.74. The monoisotopic (exact) mass is 344 g/mol. The molecule has 1 aromatic carbocycles. The molecule has 1 saturated carbocycles. The second kappa shape index (κ2) is 8.00. The van der Waals surface area contributed by atoms with Gasteiger partial charge in [0, 0.05) is 24.7 Å². The molecule has 1 unspecified atom stereocenters. The highest BCUT2D eigenvalue weighted by atomic mass is 16.3. The van der Waals surface area contributed by atoms with Crippen molar-refractivity contribution in [3.8, 4) is 0 Å². The van der Waals surface area contributed by atoms with Gasteiger partial charge in [-0.15, -0.1) is 0 Å². The number of hydrogen-bond donors (Lipinski definition) is 2. The fraction of sp³-hybridized carbons (Fsp3) is 0.600. The molecular formula is C20H28N2O3. The third-order valence-corrected chi connectivity index (χ3v) is 5.42. The molecule has 2 amide bonds. The Bertz CT molecular complexity index is 606. The van der Waals surface area contributed by atoms with Crippen LogP contribution in [-0.2, 0) is 4.79 Å². The van der Waals surface area contributed by atoms with Crippen molar-refractivity contribution in [2.45, 2.75) is 57.6 Å². The van der Waals surface area contributed by atoms with Gasteiger partial charge in [0.1, 0.15) is 0 Å². The Labute approximate surface area is 149 Å². The number of nitrogens with one attached hydrogen (secondary N) is 1. The predicted molar refractivity (Wildman–Crippen MR) is 96.2 cm³/mol. The van der Waals surface area contributed by atoms with Crippen molar-refractivity contribution in [3.05, 3.63) is 35.4 Å². The van der Waals surface area contributed by atoms with E-state index in [4.69, 9.17) is 0 Å². The molecule has 3 rings (SSSR count). The maximum atomic E-state index is 12.7. The van der Waals surface area contributed by atoms with Gasteiger partial charge in [0.05, 0.1) is 12.0 Å². The van der Waals surface area contributed by atoms with Crippen LogP contribution in [0.3, 0.4) is 0 Å². The quantitative estimate of drug-likeness (QED) is 0.884. The number of amides is 2. The highest BCUT2D eigenvalue weighted by Gasteiger charge is 2.30. The largest absolute Gasteiger partial charge is 0.393 e. The lowest BCUT2D eigenvalue weighted by Gasteiger charge is -2.34. The summed E-state index contributed by atoms with van der Waals surface area (Å²) in [5.41, 5.74) is 1.82. The van der Waals surface area contributed by atoms with Gasteiger partial charge in [-0.25, -0.2) is 0 Å². The van der Waals surface area contributed by atoms with Gasteiger partial charge in [0.15, 0.2) is 0 Å². The van der Waals surface area contributed by atoms with Crippen LogP contribution in [0.4, 0.5) is 0 Å². The Morgan fingerprint density at radius 1 is 1.08 bits per heavy atom. The summed E-state index contributed by atoms with van der Waals surface area (Å²) in [6, 6.07) is 7.76. The van der Waals surface area contributed by atoms with E-state index in [1.165, 1.54) is 0 Å². The minimum absolute atomic E-state index is 0.0123. The molecule has 5 heteroatoms. The molecule has 0 spiro atoms. The summed E-state index contributed by atoms with van der Waals surface area (Å²) in [5.74, 6) is -0.0592. The summed E-state index contributed by atoms with van der Waals surface area (Å²) in [6.45, 7) is 3.21. The van der Waals surface area contributed by atoms with Crippen molar-refractivity contribution >= 4 is 11.8 Å². The van der Waals surface area contributed by atoms with Crippen molar-refractivity contribution in [3.63, 3.8) is 0 Å². The Hall–Kier alpha value is -1.88. The number of piperidine rings is 1. The highest BCUT2D eigenvalue weighted by Crippen LogP contribution is 2.22. The third-order valence-electron chi connectivity index (χ3n) is 5.42. The molecular weight excluding hydrogens is 316 g/mol. The molecule has 5 nitrogen and oxygen atoms in total. The fourth-order valence-electron chi connectivity index (χ4n) is 3.79. The van der Waals surface area contributed by atoms with E-state index < -0.39 is 0 Å². The lowest BCUT2D eigenvalue weighted by molar-refractivity contribution is -0.127. The molecule has 0 bridgehead atoms. The topological polar surface area (TPSA) is 69.6 Å². The molecule has 1 saturated heterocycles. The highest BCUT2D eigenvalue weighted by molar-refractivity contribution is 5.94. The number of carbonyl (C=O) groups excluding carboxylic acids is 2. The van der Waals surface area contributed by atoms with Gasteiger partial charge in [-0.05, 0) is 57.6 Å². The van der Waals surface area contributed by atoms with Gasteiger partial charge in [-0.2, -0.15) is 0 Å². The van der Waals surface area contributed by atoms with Gasteiger partial charge in [0.25, 0.3) is 5.91 Å². The van der Waals surface area contributed by atoms with Gasteiger partial charge >= 0.3 is 0 Å². The summed E-state index contributed by atoms with van der Waals surface area (Å²) in [7, 11) is 0. The van der Waals surface area contributed by atoms with Crippen LogP contribution in [0.2, 0.25) is 0 Å². The molecule has 0 aromatic heterocycles. The van der Waals surface area contributed by atoms with Crippen LogP contribution in [0.15, 0.2) is 24.3 Å². The summed E-state index contributed by atoms with van der Waals surface area (Å²) in [6.07, 6.45) is 4.67. The molecule has 2 N–H and O–H groups in total. The van der Waals surface area contributed by atoms with Crippen molar-refractivity contribution in [1.29, 1.82) is 0 Å². The number of aliphatic hydroxyl groups excluding tert-OH is 1. The average Bonchev–Trinajstić information content (AvgIpc) is 2.64. The lowest BCUT2D eigenvalue weighted by Crippen LogP contribution is -2.48. The van der Waals surface area contributed by atoms with E-state index in [0.717, 1.165) is 44.1 Å². The summed E-state index contributed by atoms with van der Waals surface area (Å²) in [5, 5.41) is 12.7. The second-order valence-electron chi connectivity index (χ2n) is 7.47. The molecule has 1 heterocycles. The molecule has 0 radical (unpaired) electrons. The number of hydrogen-bond acceptors (Lipinski definition) is 3. The lowest BCUT2D eigenvalue weighted by atomic mass is 9.91. The predicted octanol–water partition coefficient (Wildman–Crippen LogP) is 2.27. The summed E-state index contributed by atoms with van der Waals surface area (Å²) >= 11 is 0. The van der Waals surface area contributed by atoms with Crippen LogP contribution < -0.4 is 5.32 Å². The smallest absolute Gasteiger partial charge is 0.253 e. The molecule has 1 atom stereocenters. The van der Waals surface area contributed by atoms with E-state index in [0.29, 0.717) is 18.7 Å². The first kappa shape index (κ1) is 17.9. The molecule has 2 aliphatic rings. The van der Waals surface area contributed by atoms with Crippen LogP contribution in [0.5, 0.6) is 0 Å². The van der Waals surface area contributed by atoms with Crippen LogP contribution in [-0.4, -0.2) is 47.1 Å². The van der Waals surface area contributed by atoms with Gasteiger partial charge < -0.3 is 15.3 Å². The maximum Gasteiger partial charge on any atom is 0.253 e. The minimum atomic E-state index is -0.217. The van der Waals surface area contributed by atoms with Gasteiger partial charge in [0.2, 0.25) is 5.91 Å².